The fraction of sp³-hybridized carbons (Fsp3) is 0.182. The molecule has 7 nitrogen and oxygen atoms in total. The van der Waals surface area contributed by atoms with Gasteiger partial charge in [0.25, 0.3) is 5.91 Å². The van der Waals surface area contributed by atoms with Crippen LogP contribution in [0.4, 0.5) is 14.5 Å². The lowest BCUT2D eigenvalue weighted by Crippen LogP contribution is -2.29. The smallest absolute Gasteiger partial charge is 0.387 e. The minimum Gasteiger partial charge on any atom is -0.478 e. The topological polar surface area (TPSA) is 95.9 Å². The first-order chi connectivity index (χ1) is 15.7. The number of hydrogen-bond acceptors (Lipinski definition) is 6. The SMILES string of the molecule is O=C(CCCN1C(=O)/C(=C/c2ccccc2OC(F)F)SC1=S)Nc1cccc(C(=O)O)c1. The summed E-state index contributed by atoms with van der Waals surface area (Å²) in [4.78, 5) is 37.5. The van der Waals surface area contributed by atoms with Crippen LogP contribution in [0.3, 0.4) is 0 Å². The van der Waals surface area contributed by atoms with Crippen molar-refractivity contribution in [3.63, 3.8) is 0 Å². The number of aromatic carboxylic acids is 1. The minimum absolute atomic E-state index is 0.0534. The van der Waals surface area contributed by atoms with Gasteiger partial charge >= 0.3 is 12.6 Å². The van der Waals surface area contributed by atoms with Gasteiger partial charge < -0.3 is 15.2 Å². The molecule has 0 saturated carbocycles. The number of nitrogens with one attached hydrogen (secondary N) is 1. The molecular formula is C22H18F2N2O5S2. The van der Waals surface area contributed by atoms with E-state index in [2.05, 4.69) is 10.1 Å². The van der Waals surface area contributed by atoms with E-state index in [4.69, 9.17) is 17.3 Å². The number of benzene rings is 2. The summed E-state index contributed by atoms with van der Waals surface area (Å²) in [6, 6.07) is 12.0. The standard InChI is InChI=1S/C22H18F2N2O5S2/c23-21(24)31-16-8-2-1-5-13(16)12-17-19(28)26(22(32)33-17)10-4-9-18(27)25-15-7-3-6-14(11-15)20(29)30/h1-3,5-8,11-12,21H,4,9-10H2,(H,25,27)(H,29,30)/b17-12-. The molecule has 3 rings (SSSR count). The van der Waals surface area contributed by atoms with Crippen LogP contribution >= 0.6 is 24.0 Å². The number of alkyl halides is 2. The fourth-order valence-electron chi connectivity index (χ4n) is 2.99. The highest BCUT2D eigenvalue weighted by Gasteiger charge is 2.32. The fourth-order valence-corrected chi connectivity index (χ4v) is 4.29. The number of thiocarbonyl (C=S) groups is 1. The van der Waals surface area contributed by atoms with Crippen molar-refractivity contribution < 1.29 is 33.0 Å². The van der Waals surface area contributed by atoms with Gasteiger partial charge in [-0.3, -0.25) is 14.5 Å². The molecule has 1 aliphatic rings. The second-order valence-corrected chi connectivity index (χ2v) is 8.46. The molecule has 2 aromatic carbocycles. The third kappa shape index (κ3) is 6.59. The first-order valence-corrected chi connectivity index (χ1v) is 10.9. The van der Waals surface area contributed by atoms with Crippen LogP contribution < -0.4 is 10.1 Å². The summed E-state index contributed by atoms with van der Waals surface area (Å²) in [6.07, 6.45) is 1.84. The lowest BCUT2D eigenvalue weighted by molar-refractivity contribution is -0.122. The van der Waals surface area contributed by atoms with E-state index in [-0.39, 0.29) is 41.0 Å². The Morgan fingerprint density at radius 1 is 1.21 bits per heavy atom. The zero-order valence-corrected chi connectivity index (χ0v) is 18.6. The van der Waals surface area contributed by atoms with Gasteiger partial charge in [-0.25, -0.2) is 4.79 Å². The number of amides is 2. The summed E-state index contributed by atoms with van der Waals surface area (Å²) in [7, 11) is 0. The summed E-state index contributed by atoms with van der Waals surface area (Å²) >= 11 is 6.30. The van der Waals surface area contributed by atoms with Gasteiger partial charge in [0.05, 0.1) is 10.5 Å². The summed E-state index contributed by atoms with van der Waals surface area (Å²) < 4.78 is 30.0. The van der Waals surface area contributed by atoms with E-state index in [1.54, 1.807) is 24.3 Å². The summed E-state index contributed by atoms with van der Waals surface area (Å²) in [5, 5.41) is 11.6. The number of para-hydroxylation sites is 1. The van der Waals surface area contributed by atoms with E-state index in [9.17, 15) is 23.2 Å². The largest absolute Gasteiger partial charge is 0.478 e. The second kappa shape index (κ2) is 11.0. The van der Waals surface area contributed by atoms with Gasteiger partial charge in [-0.05, 0) is 36.8 Å². The number of ether oxygens (including phenoxy) is 1. The van der Waals surface area contributed by atoms with Crippen LogP contribution in [0.1, 0.15) is 28.8 Å². The van der Waals surface area contributed by atoms with Gasteiger partial charge in [-0.2, -0.15) is 8.78 Å². The predicted octanol–water partition coefficient (Wildman–Crippen LogP) is 4.61. The Balaban J connectivity index is 1.57. The normalized spacial score (nSPS) is 14.8. The van der Waals surface area contributed by atoms with Crippen LogP contribution in [0.2, 0.25) is 0 Å². The van der Waals surface area contributed by atoms with Crippen molar-refractivity contribution in [2.75, 3.05) is 11.9 Å². The molecule has 1 heterocycles. The highest BCUT2D eigenvalue weighted by molar-refractivity contribution is 8.26. The van der Waals surface area contributed by atoms with Crippen LogP contribution in [-0.4, -0.2) is 45.3 Å². The lowest BCUT2D eigenvalue weighted by atomic mass is 10.2. The van der Waals surface area contributed by atoms with E-state index in [0.717, 1.165) is 11.8 Å². The van der Waals surface area contributed by atoms with Crippen LogP contribution in [0.5, 0.6) is 5.75 Å². The molecule has 1 saturated heterocycles. The quantitative estimate of drug-likeness (QED) is 0.390. The molecule has 0 aliphatic carbocycles. The molecule has 2 N–H and O–H groups in total. The Bertz CT molecular complexity index is 1120. The molecular weight excluding hydrogens is 474 g/mol. The first-order valence-electron chi connectivity index (χ1n) is 9.67. The lowest BCUT2D eigenvalue weighted by Gasteiger charge is -2.14. The minimum atomic E-state index is -2.99. The Labute approximate surface area is 197 Å². The van der Waals surface area contributed by atoms with Gasteiger partial charge in [-0.15, -0.1) is 0 Å². The highest BCUT2D eigenvalue weighted by atomic mass is 32.2. The second-order valence-electron chi connectivity index (χ2n) is 6.79. The van der Waals surface area contributed by atoms with E-state index >= 15 is 0 Å². The predicted molar refractivity (Wildman–Crippen MR) is 124 cm³/mol. The van der Waals surface area contributed by atoms with Crippen molar-refractivity contribution in [1.82, 2.24) is 4.90 Å². The Morgan fingerprint density at radius 2 is 1.97 bits per heavy atom. The molecule has 0 atom stereocenters. The molecule has 2 aromatic rings. The summed E-state index contributed by atoms with van der Waals surface area (Å²) in [6.45, 7) is -2.80. The number of thioether (sulfide) groups is 1. The number of hydrogen-bond donors (Lipinski definition) is 2. The Morgan fingerprint density at radius 3 is 2.70 bits per heavy atom. The zero-order valence-electron chi connectivity index (χ0n) is 17.0. The van der Waals surface area contributed by atoms with Crippen LogP contribution in [0.25, 0.3) is 6.08 Å². The molecule has 0 spiro atoms. The van der Waals surface area contributed by atoms with Crippen molar-refractivity contribution in [3.05, 3.63) is 64.6 Å². The average Bonchev–Trinajstić information content (AvgIpc) is 3.02. The number of carbonyl (C=O) groups excluding carboxylic acids is 2. The van der Waals surface area contributed by atoms with Crippen molar-refractivity contribution in [3.8, 4) is 5.75 Å². The van der Waals surface area contributed by atoms with E-state index in [1.165, 1.54) is 35.2 Å². The molecule has 2 amide bonds. The number of halogens is 2. The average molecular weight is 493 g/mol. The third-order valence-electron chi connectivity index (χ3n) is 4.47. The Hall–Kier alpha value is -3.31. The zero-order chi connectivity index (χ0) is 24.0. The van der Waals surface area contributed by atoms with Gasteiger partial charge in [0.15, 0.2) is 0 Å². The number of anilines is 1. The van der Waals surface area contributed by atoms with Crippen molar-refractivity contribution in [2.45, 2.75) is 19.5 Å². The molecule has 0 bridgehead atoms. The highest BCUT2D eigenvalue weighted by Crippen LogP contribution is 2.34. The van der Waals surface area contributed by atoms with Gasteiger partial charge in [0, 0.05) is 24.2 Å². The van der Waals surface area contributed by atoms with E-state index in [0.29, 0.717) is 22.0 Å². The van der Waals surface area contributed by atoms with Crippen LogP contribution in [-0.2, 0) is 9.59 Å². The molecule has 0 unspecified atom stereocenters. The van der Waals surface area contributed by atoms with Crippen molar-refractivity contribution >= 4 is 57.8 Å². The number of carbonyl (C=O) groups is 3. The van der Waals surface area contributed by atoms with E-state index in [1.807, 2.05) is 0 Å². The van der Waals surface area contributed by atoms with Gasteiger partial charge in [-0.1, -0.05) is 48.2 Å². The maximum atomic E-state index is 12.7. The van der Waals surface area contributed by atoms with Crippen LogP contribution in [0.15, 0.2) is 53.4 Å². The van der Waals surface area contributed by atoms with Crippen LogP contribution in [0, 0.1) is 0 Å². The molecule has 33 heavy (non-hydrogen) atoms. The summed E-state index contributed by atoms with van der Waals surface area (Å²) in [5.74, 6) is -1.87. The molecule has 0 aromatic heterocycles. The number of rotatable bonds is 9. The van der Waals surface area contributed by atoms with Crippen molar-refractivity contribution in [1.29, 1.82) is 0 Å². The molecule has 11 heteroatoms. The third-order valence-corrected chi connectivity index (χ3v) is 5.85. The first kappa shape index (κ1) is 24.3. The molecule has 1 aliphatic heterocycles. The van der Waals surface area contributed by atoms with Gasteiger partial charge in [0.2, 0.25) is 5.91 Å². The maximum absolute atomic E-state index is 12.7. The van der Waals surface area contributed by atoms with E-state index < -0.39 is 12.6 Å². The number of nitrogens with zero attached hydrogens (tertiary/aromatic N) is 1. The molecule has 0 radical (unpaired) electrons. The number of carboxylic acid groups (broad SMARTS) is 1. The number of carboxylic acids is 1. The summed E-state index contributed by atoms with van der Waals surface area (Å²) in [5.41, 5.74) is 0.733. The monoisotopic (exact) mass is 492 g/mol. The molecule has 1 fully saturated rings. The van der Waals surface area contributed by atoms with Crippen molar-refractivity contribution in [2.24, 2.45) is 0 Å². The maximum Gasteiger partial charge on any atom is 0.387 e. The molecule has 172 valence electrons. The van der Waals surface area contributed by atoms with Gasteiger partial charge in [0.1, 0.15) is 10.1 Å². The Kier molecular flexibility index (Phi) is 8.12.